The van der Waals surface area contributed by atoms with Crippen LogP contribution < -0.4 is 27.6 Å². The molecule has 0 radical (unpaired) electrons. The van der Waals surface area contributed by atoms with E-state index in [9.17, 15) is 39.1 Å². The van der Waals surface area contributed by atoms with Gasteiger partial charge < -0.3 is 40.9 Å². The number of nitro benzene ring substituents is 1. The summed E-state index contributed by atoms with van der Waals surface area (Å²) in [5.74, 6) is 7.82. The van der Waals surface area contributed by atoms with Gasteiger partial charge in [-0.1, -0.05) is 55.2 Å². The number of nitrogen functional groups attached to an aromatic ring is 1. The maximum Gasteiger partial charge on any atom is 0.355 e. The first-order valence-electron chi connectivity index (χ1n) is 24.8. The smallest absolute Gasteiger partial charge is 0.355 e. The van der Waals surface area contributed by atoms with Crippen molar-refractivity contribution in [3.05, 3.63) is 161 Å². The number of anilines is 2. The highest BCUT2D eigenvalue weighted by atomic mass is 127. The van der Waals surface area contributed by atoms with Gasteiger partial charge in [-0.3, -0.25) is 24.3 Å². The molecule has 0 unspecified atom stereocenters. The number of aromatic amines is 1. The van der Waals surface area contributed by atoms with Crippen molar-refractivity contribution < 1.29 is 29.1 Å². The highest BCUT2D eigenvalue weighted by Gasteiger charge is 2.61. The van der Waals surface area contributed by atoms with Crippen molar-refractivity contribution in [1.29, 1.82) is 0 Å². The Labute approximate surface area is 458 Å². The maximum atomic E-state index is 13.5. The second-order valence-electron chi connectivity index (χ2n) is 18.8. The van der Waals surface area contributed by atoms with E-state index in [1.54, 1.807) is 41.0 Å². The summed E-state index contributed by atoms with van der Waals surface area (Å²) in [7, 11) is 1.83. The number of halogens is 2. The lowest BCUT2D eigenvalue weighted by atomic mass is 9.94. The van der Waals surface area contributed by atoms with Gasteiger partial charge >= 0.3 is 5.69 Å². The number of non-ortho nitro benzene ring substituents is 1. The zero-order valence-corrected chi connectivity index (χ0v) is 43.9. The van der Waals surface area contributed by atoms with Crippen molar-refractivity contribution in [1.82, 2.24) is 63.5 Å². The van der Waals surface area contributed by atoms with Gasteiger partial charge in [-0.15, -0.1) is 5.10 Å². The number of aliphatic hydroxyl groups excluding tert-OH is 2. The third kappa shape index (κ3) is 9.99. The molecule has 6 aromatic heterocycles. The van der Waals surface area contributed by atoms with Gasteiger partial charge in [0.1, 0.15) is 30.2 Å². The highest BCUT2D eigenvalue weighted by Crippen LogP contribution is 2.42. The number of aryl methyl sites for hydroxylation is 1. The quantitative estimate of drug-likeness (QED) is 0.0524. The van der Waals surface area contributed by atoms with Gasteiger partial charge in [-0.05, 0) is 95.4 Å². The first kappa shape index (κ1) is 52.0. The Morgan fingerprint density at radius 3 is 2.47 bits per heavy atom. The standard InChI is InChI=1S/C19H18FN5.C19H19IN6O4.C15H9N5O4/c1-25-18(13-7-4-8-14(20)11-13)24-16-17(21)22-15(23-19(16)25)10-9-12-5-2-3-6-12;20-11-3-1-2-10(6-11)7-22-15-12-16(24-8-23-15)26(9-25-12)17-13(27)14(28)19(30-17)4-5-21-18(19)29;21-14-13-17-19(9-5-7-10(8-6-9)20(23)24)15(22)18(13)12-4-2-1-3-11(12)16-14/h4,7-8,11-12H,2-3,5-6H2,1H3,(H2,21,22,23);1-3,6,8-9,13-14,17,27-28H,4-5,7H2,(H,21,29)(H,22,23,24);1-8H,(H,16,21)/t;13-,14+,17-,19+;/m.1./s1. The van der Waals surface area contributed by atoms with Crippen LogP contribution in [0.1, 0.15) is 49.7 Å². The van der Waals surface area contributed by atoms with E-state index in [1.807, 2.05) is 25.2 Å². The van der Waals surface area contributed by atoms with Crippen LogP contribution in [0, 0.1) is 37.3 Å². The topological polar surface area (TPSA) is 319 Å². The number of benzene rings is 4. The summed E-state index contributed by atoms with van der Waals surface area (Å²) in [6.45, 7) is 0.940. The molecule has 3 fully saturated rings. The number of para-hydroxylation sites is 2. The van der Waals surface area contributed by atoms with Gasteiger partial charge in [0, 0.05) is 53.7 Å². The van der Waals surface area contributed by atoms with Gasteiger partial charge in [0.2, 0.25) is 11.5 Å². The minimum Gasteiger partial charge on any atom is -0.387 e. The number of hydrogen-bond donors (Lipinski definition) is 6. The van der Waals surface area contributed by atoms with E-state index in [0.717, 1.165) is 26.7 Å². The predicted octanol–water partition coefficient (Wildman–Crippen LogP) is 5.08. The van der Waals surface area contributed by atoms with E-state index in [2.05, 4.69) is 91.1 Å². The Morgan fingerprint density at radius 1 is 0.937 bits per heavy atom. The van der Waals surface area contributed by atoms with Crippen LogP contribution in [0.25, 0.3) is 56.1 Å². The molecule has 1 spiro atoms. The molecule has 400 valence electrons. The summed E-state index contributed by atoms with van der Waals surface area (Å²) in [6, 6.07) is 26.6. The lowest BCUT2D eigenvalue weighted by Crippen LogP contribution is -2.48. The monoisotopic (exact) mass is 1180 g/mol. The largest absolute Gasteiger partial charge is 0.387 e. The van der Waals surface area contributed by atoms with Crippen molar-refractivity contribution in [3.63, 3.8) is 0 Å². The molecule has 1 saturated carbocycles. The zero-order valence-electron chi connectivity index (χ0n) is 41.7. The van der Waals surface area contributed by atoms with Gasteiger partial charge in [0.05, 0.1) is 28.0 Å². The number of amides is 1. The molecule has 2 saturated heterocycles. The Hall–Kier alpha value is -9.04. The van der Waals surface area contributed by atoms with Crippen molar-refractivity contribution in [2.45, 2.75) is 62.7 Å². The molecule has 13 rings (SSSR count). The number of rotatable bonds is 7. The fourth-order valence-electron chi connectivity index (χ4n) is 9.86. The second-order valence-corrected chi connectivity index (χ2v) is 20.1. The Kier molecular flexibility index (Phi) is 14.1. The average molecular weight is 1180 g/mol. The third-order valence-corrected chi connectivity index (χ3v) is 14.5. The molecule has 24 nitrogen and oxygen atoms in total. The fraction of sp³-hybridized carbons (Fsp3) is 0.245. The number of hydrogen-bond acceptors (Lipinski definition) is 17. The number of nitrogens with zero attached hydrogens (tertiary/aromatic N) is 12. The van der Waals surface area contributed by atoms with Gasteiger partial charge in [-0.25, -0.2) is 43.5 Å². The number of fused-ring (bicyclic) bond motifs is 5. The van der Waals surface area contributed by atoms with Crippen LogP contribution in [-0.2, 0) is 23.1 Å². The second kappa shape index (κ2) is 21.4. The molecule has 79 heavy (non-hydrogen) atoms. The van der Waals surface area contributed by atoms with Crippen LogP contribution in [0.2, 0.25) is 0 Å². The summed E-state index contributed by atoms with van der Waals surface area (Å²) >= 11 is 2.26. The van der Waals surface area contributed by atoms with E-state index in [0.29, 0.717) is 86.9 Å². The predicted molar refractivity (Wildman–Crippen MR) is 295 cm³/mol. The Morgan fingerprint density at radius 2 is 1.72 bits per heavy atom. The molecule has 7 N–H and O–H groups in total. The van der Waals surface area contributed by atoms with Crippen LogP contribution >= 0.6 is 22.6 Å². The van der Waals surface area contributed by atoms with E-state index < -0.39 is 46.1 Å². The lowest BCUT2D eigenvalue weighted by molar-refractivity contribution is -0.384. The van der Waals surface area contributed by atoms with Crippen LogP contribution in [0.4, 0.5) is 21.7 Å². The van der Waals surface area contributed by atoms with Gasteiger partial charge in [0.25, 0.3) is 17.2 Å². The first-order chi connectivity index (χ1) is 38.2. The molecule has 2 aliphatic heterocycles. The molecular formula is C53H46FIN16O8. The zero-order chi connectivity index (χ0) is 55.1. The summed E-state index contributed by atoms with van der Waals surface area (Å²) in [5, 5.41) is 41.8. The molecule has 8 heterocycles. The molecular weight excluding hydrogens is 1130 g/mol. The third-order valence-electron chi connectivity index (χ3n) is 13.8. The van der Waals surface area contributed by atoms with Crippen LogP contribution in [-0.4, -0.2) is 104 Å². The number of ether oxygens (including phenoxy) is 1. The van der Waals surface area contributed by atoms with Crippen LogP contribution in [0.3, 0.4) is 0 Å². The molecule has 3 aliphatic rings. The fourth-order valence-corrected chi connectivity index (χ4v) is 10.5. The molecule has 26 heteroatoms. The highest BCUT2D eigenvalue weighted by molar-refractivity contribution is 14.1. The maximum absolute atomic E-state index is 13.5. The number of aliphatic hydroxyl groups is 2. The van der Waals surface area contributed by atoms with E-state index in [-0.39, 0.29) is 23.6 Å². The summed E-state index contributed by atoms with van der Waals surface area (Å²) in [4.78, 5) is 76.2. The SMILES string of the molecule is Cn1c(-c2cccc(F)c2)nc2c(N)nc(C#CC3CCCC3)nc21.O=C1NCC[C@@]12O[C@@H](n1cnc3c(NCc4cccc(I)c4)ncnc31)[C@H](O)[C@@H]2O.O=c1[nH]c2ccccc2n2c(=O)n(-c3ccc([N+](=O)[O-])cc3)nc12. The minimum atomic E-state index is -1.46. The molecule has 0 bridgehead atoms. The van der Waals surface area contributed by atoms with Crippen molar-refractivity contribution in [2.24, 2.45) is 13.0 Å². The Balaban J connectivity index is 0.000000126. The molecule has 4 aromatic carbocycles. The lowest BCUT2D eigenvalue weighted by Gasteiger charge is -2.23. The minimum absolute atomic E-state index is 0.0444. The van der Waals surface area contributed by atoms with Crippen molar-refractivity contribution >= 4 is 84.8 Å². The van der Waals surface area contributed by atoms with Crippen LogP contribution in [0.15, 0.2) is 119 Å². The molecule has 1 aliphatic carbocycles. The number of H-pyrrole nitrogens is 1. The average Bonchev–Trinajstić information content (AvgIpc) is 4.53. The van der Waals surface area contributed by atoms with Crippen molar-refractivity contribution in [3.8, 4) is 28.9 Å². The van der Waals surface area contributed by atoms with Gasteiger partial charge in [0.15, 0.2) is 45.8 Å². The number of nitrogens with one attached hydrogen (secondary N) is 3. The van der Waals surface area contributed by atoms with E-state index in [4.69, 9.17) is 10.5 Å². The number of nitro groups is 1. The summed E-state index contributed by atoms with van der Waals surface area (Å²) < 4.78 is 26.2. The number of imidazole rings is 2. The summed E-state index contributed by atoms with van der Waals surface area (Å²) in [5.41, 5.74) is 8.61. The van der Waals surface area contributed by atoms with Gasteiger partial charge in [-0.2, -0.15) is 4.68 Å². The summed E-state index contributed by atoms with van der Waals surface area (Å²) in [6.07, 6.45) is 4.26. The Bertz CT molecular complexity index is 4200. The molecule has 1 amide bonds. The molecule has 10 aromatic rings. The first-order valence-corrected chi connectivity index (χ1v) is 25.9. The number of aromatic nitrogens is 12. The van der Waals surface area contributed by atoms with E-state index in [1.165, 1.54) is 70.9 Å². The van der Waals surface area contributed by atoms with Crippen LogP contribution in [0.5, 0.6) is 0 Å². The number of carbonyl (C=O) groups excluding carboxylic acids is 1. The van der Waals surface area contributed by atoms with Crippen molar-refractivity contribution in [2.75, 3.05) is 17.6 Å². The normalized spacial score (nSPS) is 18.8. The number of nitrogens with two attached hydrogens (primary N) is 1. The number of carbonyl (C=O) groups is 1. The van der Waals surface area contributed by atoms with E-state index >= 15 is 0 Å². The molecule has 4 atom stereocenters.